The summed E-state index contributed by atoms with van der Waals surface area (Å²) in [5, 5.41) is 0. The lowest BCUT2D eigenvalue weighted by molar-refractivity contribution is 0.627. The van der Waals surface area contributed by atoms with E-state index in [1.165, 1.54) is 55.8 Å². The number of hydrogen-bond donors (Lipinski definition) is 0. The highest BCUT2D eigenvalue weighted by Gasteiger charge is 1.91. The molecule has 0 aromatic rings. The number of rotatable bonds is 10. The first-order chi connectivity index (χ1) is 6.41. The molecule has 2 heteroatoms. The highest BCUT2D eigenvalue weighted by molar-refractivity contribution is 8.02. The summed E-state index contributed by atoms with van der Waals surface area (Å²) in [6.45, 7) is 2.28. The molecule has 0 unspecified atom stereocenters. The van der Waals surface area contributed by atoms with Crippen molar-refractivity contribution >= 4 is 23.5 Å². The fraction of sp³-hybridized carbons (Fsp3) is 1.00. The summed E-state index contributed by atoms with van der Waals surface area (Å²) < 4.78 is 0. The Kier molecular flexibility index (Phi) is 13.4. The molecule has 0 fully saturated rings. The van der Waals surface area contributed by atoms with Gasteiger partial charge >= 0.3 is 0 Å². The predicted molar refractivity (Wildman–Crippen MR) is 69.1 cm³/mol. The van der Waals surface area contributed by atoms with E-state index in [-0.39, 0.29) is 0 Å². The van der Waals surface area contributed by atoms with Crippen LogP contribution in [0.5, 0.6) is 0 Å². The molecule has 0 atom stereocenters. The summed E-state index contributed by atoms with van der Waals surface area (Å²) in [6, 6.07) is 0. The Morgan fingerprint density at radius 3 is 2.15 bits per heavy atom. The minimum Gasteiger partial charge on any atom is -0.165 e. The standard InChI is InChI=1S/C11H24S2/c1-3-4-5-6-7-8-9-13-11-10-12-2/h3-11H2,1-2H3. The maximum Gasteiger partial charge on any atom is 0.00234 e. The van der Waals surface area contributed by atoms with Crippen molar-refractivity contribution in [2.45, 2.75) is 45.4 Å². The smallest absolute Gasteiger partial charge is 0.00234 e. The molecule has 0 radical (unpaired) electrons. The zero-order valence-corrected chi connectivity index (χ0v) is 10.8. The molecule has 0 bridgehead atoms. The Hall–Kier alpha value is 0.700. The van der Waals surface area contributed by atoms with E-state index in [4.69, 9.17) is 0 Å². The highest BCUT2D eigenvalue weighted by Crippen LogP contribution is 2.10. The van der Waals surface area contributed by atoms with E-state index >= 15 is 0 Å². The lowest BCUT2D eigenvalue weighted by Gasteiger charge is -2.00. The maximum atomic E-state index is 2.28. The molecule has 0 saturated carbocycles. The monoisotopic (exact) mass is 220 g/mol. The lowest BCUT2D eigenvalue weighted by Crippen LogP contribution is -1.86. The first-order valence-electron chi connectivity index (χ1n) is 5.48. The molecule has 0 aliphatic carbocycles. The van der Waals surface area contributed by atoms with Crippen molar-refractivity contribution in [1.82, 2.24) is 0 Å². The van der Waals surface area contributed by atoms with Gasteiger partial charge in [-0.25, -0.2) is 0 Å². The van der Waals surface area contributed by atoms with Crippen molar-refractivity contribution in [2.24, 2.45) is 0 Å². The van der Waals surface area contributed by atoms with Gasteiger partial charge in [-0.15, -0.1) is 0 Å². The third-order valence-electron chi connectivity index (χ3n) is 2.07. The molecule has 0 spiro atoms. The molecular formula is C11H24S2. The van der Waals surface area contributed by atoms with Crippen molar-refractivity contribution in [3.05, 3.63) is 0 Å². The summed E-state index contributed by atoms with van der Waals surface area (Å²) in [5.41, 5.74) is 0. The zero-order chi connectivity index (χ0) is 9.78. The van der Waals surface area contributed by atoms with Crippen LogP contribution in [0.2, 0.25) is 0 Å². The summed E-state index contributed by atoms with van der Waals surface area (Å²) in [5.74, 6) is 4.04. The molecule has 0 aliphatic rings. The van der Waals surface area contributed by atoms with Crippen LogP contribution in [0.3, 0.4) is 0 Å². The van der Waals surface area contributed by atoms with Crippen molar-refractivity contribution in [2.75, 3.05) is 23.5 Å². The average Bonchev–Trinajstić information content (AvgIpc) is 2.16. The quantitative estimate of drug-likeness (QED) is 0.499. The first-order valence-corrected chi connectivity index (χ1v) is 8.03. The van der Waals surface area contributed by atoms with Crippen LogP contribution in [0.1, 0.15) is 45.4 Å². The molecule has 0 heterocycles. The lowest BCUT2D eigenvalue weighted by atomic mass is 10.1. The molecule has 0 aromatic carbocycles. The van der Waals surface area contributed by atoms with Crippen molar-refractivity contribution < 1.29 is 0 Å². The van der Waals surface area contributed by atoms with Crippen LogP contribution in [-0.2, 0) is 0 Å². The zero-order valence-electron chi connectivity index (χ0n) is 9.18. The molecule has 0 saturated heterocycles. The van der Waals surface area contributed by atoms with Crippen molar-refractivity contribution in [3.8, 4) is 0 Å². The Bertz CT molecular complexity index is 74.2. The molecule has 0 rings (SSSR count). The van der Waals surface area contributed by atoms with Crippen LogP contribution in [0.15, 0.2) is 0 Å². The number of unbranched alkanes of at least 4 members (excludes halogenated alkanes) is 5. The largest absolute Gasteiger partial charge is 0.165 e. The minimum atomic E-state index is 1.32. The third kappa shape index (κ3) is 12.7. The summed E-state index contributed by atoms with van der Waals surface area (Å²) in [4.78, 5) is 0. The Morgan fingerprint density at radius 2 is 1.46 bits per heavy atom. The summed E-state index contributed by atoms with van der Waals surface area (Å²) in [6.07, 6.45) is 10.8. The predicted octanol–water partition coefficient (Wildman–Crippen LogP) is 4.44. The van der Waals surface area contributed by atoms with Gasteiger partial charge in [0.05, 0.1) is 0 Å². The molecule has 13 heavy (non-hydrogen) atoms. The minimum absolute atomic E-state index is 1.32. The van der Waals surface area contributed by atoms with Gasteiger partial charge in [0.2, 0.25) is 0 Å². The van der Waals surface area contributed by atoms with E-state index in [0.29, 0.717) is 0 Å². The van der Waals surface area contributed by atoms with Gasteiger partial charge in [-0.2, -0.15) is 23.5 Å². The second kappa shape index (κ2) is 12.7. The Morgan fingerprint density at radius 1 is 0.769 bits per heavy atom. The highest BCUT2D eigenvalue weighted by atomic mass is 32.2. The fourth-order valence-corrected chi connectivity index (χ4v) is 2.98. The topological polar surface area (TPSA) is 0 Å². The van der Waals surface area contributed by atoms with E-state index in [1.807, 2.05) is 11.8 Å². The van der Waals surface area contributed by atoms with Crippen LogP contribution in [0.4, 0.5) is 0 Å². The van der Waals surface area contributed by atoms with Crippen molar-refractivity contribution in [3.63, 3.8) is 0 Å². The van der Waals surface area contributed by atoms with Gasteiger partial charge < -0.3 is 0 Å². The Balaban J connectivity index is 2.76. The van der Waals surface area contributed by atoms with E-state index in [1.54, 1.807) is 0 Å². The molecule has 80 valence electrons. The molecular weight excluding hydrogens is 196 g/mol. The molecule has 0 nitrogen and oxygen atoms in total. The molecule has 0 aromatic heterocycles. The Labute approximate surface area is 92.6 Å². The molecule has 0 aliphatic heterocycles. The van der Waals surface area contributed by atoms with Gasteiger partial charge in [-0.05, 0) is 18.4 Å². The van der Waals surface area contributed by atoms with Gasteiger partial charge in [-0.1, -0.05) is 39.0 Å². The number of thioether (sulfide) groups is 2. The summed E-state index contributed by atoms with van der Waals surface area (Å²) >= 11 is 4.08. The third-order valence-corrected chi connectivity index (χ3v) is 4.01. The van der Waals surface area contributed by atoms with Gasteiger partial charge in [0.15, 0.2) is 0 Å². The summed E-state index contributed by atoms with van der Waals surface area (Å²) in [7, 11) is 0. The SMILES string of the molecule is CCCCCCCCSCCSC. The van der Waals surface area contributed by atoms with Crippen LogP contribution in [0.25, 0.3) is 0 Å². The van der Waals surface area contributed by atoms with Crippen LogP contribution < -0.4 is 0 Å². The van der Waals surface area contributed by atoms with Gasteiger partial charge in [0.25, 0.3) is 0 Å². The van der Waals surface area contributed by atoms with E-state index in [2.05, 4.69) is 24.9 Å². The molecule has 0 N–H and O–H groups in total. The fourth-order valence-electron chi connectivity index (χ4n) is 1.23. The van der Waals surface area contributed by atoms with Crippen LogP contribution >= 0.6 is 23.5 Å². The van der Waals surface area contributed by atoms with Crippen LogP contribution in [0, 0.1) is 0 Å². The van der Waals surface area contributed by atoms with Gasteiger partial charge in [-0.3, -0.25) is 0 Å². The van der Waals surface area contributed by atoms with E-state index in [0.717, 1.165) is 0 Å². The molecule has 0 amide bonds. The normalized spacial score (nSPS) is 10.6. The second-order valence-electron chi connectivity index (χ2n) is 3.37. The number of hydrogen-bond acceptors (Lipinski definition) is 2. The van der Waals surface area contributed by atoms with Gasteiger partial charge in [0, 0.05) is 11.5 Å². The van der Waals surface area contributed by atoms with Gasteiger partial charge in [0.1, 0.15) is 0 Å². The van der Waals surface area contributed by atoms with E-state index < -0.39 is 0 Å². The second-order valence-corrected chi connectivity index (χ2v) is 5.58. The first kappa shape index (κ1) is 13.7. The average molecular weight is 220 g/mol. The maximum absolute atomic E-state index is 2.28. The van der Waals surface area contributed by atoms with Crippen molar-refractivity contribution in [1.29, 1.82) is 0 Å². The van der Waals surface area contributed by atoms with E-state index in [9.17, 15) is 0 Å². The van der Waals surface area contributed by atoms with Crippen LogP contribution in [-0.4, -0.2) is 23.5 Å².